The average Bonchev–Trinajstić information content (AvgIpc) is 3.27. The summed E-state index contributed by atoms with van der Waals surface area (Å²) in [7, 11) is -2.78. The van der Waals surface area contributed by atoms with Crippen LogP contribution in [-0.2, 0) is 14.8 Å². The number of hydrogen-bond donors (Lipinski definition) is 2. The van der Waals surface area contributed by atoms with Crippen molar-refractivity contribution in [3.05, 3.63) is 84.8 Å². The lowest BCUT2D eigenvalue weighted by atomic mass is 10.1. The number of hydrogen-bond acceptors (Lipinski definition) is 7. The summed E-state index contributed by atoms with van der Waals surface area (Å²) in [4.78, 5) is 8.72. The summed E-state index contributed by atoms with van der Waals surface area (Å²) in [5.74, 6) is -5.02. The van der Waals surface area contributed by atoms with Crippen LogP contribution < -0.4 is 10.0 Å². The van der Waals surface area contributed by atoms with Gasteiger partial charge >= 0.3 is 0 Å². The smallest absolute Gasteiger partial charge is 0.236 e. The van der Waals surface area contributed by atoms with Crippen molar-refractivity contribution in [2.75, 3.05) is 36.1 Å². The number of ether oxygens (including phenoxy) is 1. The van der Waals surface area contributed by atoms with Gasteiger partial charge in [-0.05, 0) is 48.1 Å². The van der Waals surface area contributed by atoms with Crippen molar-refractivity contribution >= 4 is 32.2 Å². The summed E-state index contributed by atoms with van der Waals surface area (Å²) >= 11 is 1.15. The van der Waals surface area contributed by atoms with Crippen LogP contribution in [0.1, 0.15) is 0 Å². The Morgan fingerprint density at radius 3 is 2.57 bits per heavy atom. The summed E-state index contributed by atoms with van der Waals surface area (Å²) in [6.45, 7) is 3.68. The zero-order valence-corrected chi connectivity index (χ0v) is 21.1. The van der Waals surface area contributed by atoms with E-state index in [0.29, 0.717) is 47.0 Å². The molecule has 0 amide bonds. The van der Waals surface area contributed by atoms with E-state index in [2.05, 4.69) is 21.9 Å². The number of anilines is 2. The summed E-state index contributed by atoms with van der Waals surface area (Å²) in [6, 6.07) is 5.10. The standard InChI is InChI=1S/C24H22F4N4O3S2/c1-15(25)3-4-17(26)9-14-37(33,34)32-19-6-5-18(27)20(21(19)28)22-23(16-7-10-29-11-8-16)36-24(31-22)30-12-13-35-2/h3-11,32H,1,12-14H2,2H3,(H,30,31)/b4-3-,17-9+. The molecule has 0 aliphatic carbocycles. The molecular formula is C24H22F4N4O3S2. The summed E-state index contributed by atoms with van der Waals surface area (Å²) in [5.41, 5.74) is -0.555. The molecule has 0 atom stereocenters. The molecule has 0 aliphatic rings. The molecule has 0 saturated carbocycles. The van der Waals surface area contributed by atoms with E-state index >= 15 is 4.39 Å². The first-order valence-electron chi connectivity index (χ1n) is 10.6. The first-order valence-corrected chi connectivity index (χ1v) is 13.1. The molecular weight excluding hydrogens is 532 g/mol. The Balaban J connectivity index is 1.99. The normalized spacial score (nSPS) is 12.2. The van der Waals surface area contributed by atoms with E-state index < -0.39 is 50.3 Å². The van der Waals surface area contributed by atoms with Gasteiger partial charge in [0.05, 0.1) is 34.2 Å². The number of benzene rings is 1. The van der Waals surface area contributed by atoms with Gasteiger partial charge in [-0.25, -0.2) is 31.0 Å². The van der Waals surface area contributed by atoms with Crippen molar-refractivity contribution in [1.82, 2.24) is 9.97 Å². The molecule has 196 valence electrons. The van der Waals surface area contributed by atoms with Gasteiger partial charge in [-0.1, -0.05) is 17.9 Å². The average molecular weight is 555 g/mol. The van der Waals surface area contributed by atoms with E-state index in [1.165, 1.54) is 19.5 Å². The molecule has 2 heterocycles. The minimum atomic E-state index is -4.31. The molecule has 2 aromatic heterocycles. The highest BCUT2D eigenvalue weighted by molar-refractivity contribution is 7.92. The van der Waals surface area contributed by atoms with Crippen LogP contribution in [-0.4, -0.2) is 44.4 Å². The maximum Gasteiger partial charge on any atom is 0.236 e. The Hall–Kier alpha value is -3.55. The van der Waals surface area contributed by atoms with Crippen molar-refractivity contribution in [3.63, 3.8) is 0 Å². The van der Waals surface area contributed by atoms with E-state index in [4.69, 9.17) is 4.74 Å². The molecule has 3 rings (SSSR count). The minimum Gasteiger partial charge on any atom is -0.383 e. The molecule has 0 aliphatic heterocycles. The van der Waals surface area contributed by atoms with E-state index in [0.717, 1.165) is 23.5 Å². The predicted octanol–water partition coefficient (Wildman–Crippen LogP) is 5.84. The van der Waals surface area contributed by atoms with Gasteiger partial charge < -0.3 is 10.1 Å². The molecule has 3 aromatic rings. The topological polar surface area (TPSA) is 93.2 Å². The van der Waals surface area contributed by atoms with Gasteiger partial charge in [-0.2, -0.15) is 0 Å². The third-order valence-electron chi connectivity index (χ3n) is 4.67. The SMILES string of the molecule is C=C(F)/C=C\C(F)=C/CS(=O)(=O)Nc1ccc(F)c(-c2nc(NCCOC)sc2-c2ccncc2)c1F. The second-order valence-electron chi connectivity index (χ2n) is 7.39. The number of methoxy groups -OCH3 is 1. The summed E-state index contributed by atoms with van der Waals surface area (Å²) in [5, 5.41) is 3.38. The Morgan fingerprint density at radius 1 is 1.16 bits per heavy atom. The van der Waals surface area contributed by atoms with Crippen molar-refractivity contribution in [1.29, 1.82) is 0 Å². The predicted molar refractivity (Wildman–Crippen MR) is 137 cm³/mol. The Morgan fingerprint density at radius 2 is 1.89 bits per heavy atom. The van der Waals surface area contributed by atoms with E-state index in [9.17, 15) is 21.6 Å². The quantitative estimate of drug-likeness (QED) is 0.166. The van der Waals surface area contributed by atoms with Crippen LogP contribution >= 0.6 is 11.3 Å². The fraction of sp³-hybridized carbons (Fsp3) is 0.167. The molecule has 13 heteroatoms. The first-order chi connectivity index (χ1) is 17.6. The van der Waals surface area contributed by atoms with Gasteiger partial charge in [0.1, 0.15) is 17.5 Å². The second-order valence-corrected chi connectivity index (χ2v) is 10.2. The highest BCUT2D eigenvalue weighted by atomic mass is 32.2. The largest absolute Gasteiger partial charge is 0.383 e. The molecule has 2 N–H and O–H groups in total. The Kier molecular flexibility index (Phi) is 9.55. The van der Waals surface area contributed by atoms with E-state index in [-0.39, 0.29) is 5.69 Å². The molecule has 0 unspecified atom stereocenters. The highest BCUT2D eigenvalue weighted by Gasteiger charge is 2.25. The maximum atomic E-state index is 15.6. The number of rotatable bonds is 12. The van der Waals surface area contributed by atoms with Gasteiger partial charge in [0.25, 0.3) is 0 Å². The van der Waals surface area contributed by atoms with Crippen LogP contribution in [0.2, 0.25) is 0 Å². The van der Waals surface area contributed by atoms with Crippen LogP contribution in [0.3, 0.4) is 0 Å². The third kappa shape index (κ3) is 7.71. The van der Waals surface area contributed by atoms with Crippen molar-refractivity contribution < 1.29 is 30.7 Å². The lowest BCUT2D eigenvalue weighted by Crippen LogP contribution is -2.17. The molecule has 0 saturated heterocycles. The Bertz CT molecular complexity index is 1430. The first kappa shape index (κ1) is 28.0. The van der Waals surface area contributed by atoms with Gasteiger partial charge in [0.2, 0.25) is 10.0 Å². The lowest BCUT2D eigenvalue weighted by molar-refractivity contribution is 0.211. The fourth-order valence-electron chi connectivity index (χ4n) is 3.01. The molecule has 1 aromatic carbocycles. The molecule has 37 heavy (non-hydrogen) atoms. The zero-order valence-electron chi connectivity index (χ0n) is 19.5. The van der Waals surface area contributed by atoms with Crippen LogP contribution in [0.5, 0.6) is 0 Å². The maximum absolute atomic E-state index is 15.6. The van der Waals surface area contributed by atoms with Crippen molar-refractivity contribution in [3.8, 4) is 21.7 Å². The lowest BCUT2D eigenvalue weighted by Gasteiger charge is -2.12. The Labute approximate surface area is 215 Å². The van der Waals surface area contributed by atoms with Gasteiger partial charge in [0.15, 0.2) is 10.9 Å². The van der Waals surface area contributed by atoms with Crippen LogP contribution in [0.4, 0.5) is 28.4 Å². The van der Waals surface area contributed by atoms with Gasteiger partial charge in [-0.15, -0.1) is 0 Å². The van der Waals surface area contributed by atoms with Crippen molar-refractivity contribution in [2.45, 2.75) is 0 Å². The van der Waals surface area contributed by atoms with Crippen LogP contribution in [0, 0.1) is 11.6 Å². The van der Waals surface area contributed by atoms with Crippen LogP contribution in [0.15, 0.2) is 73.1 Å². The third-order valence-corrected chi connectivity index (χ3v) is 6.87. The fourth-order valence-corrected chi connectivity index (χ4v) is 4.97. The number of halogens is 4. The van der Waals surface area contributed by atoms with Gasteiger partial charge in [0, 0.05) is 26.0 Å². The monoisotopic (exact) mass is 554 g/mol. The zero-order chi connectivity index (χ0) is 27.0. The molecule has 0 spiro atoms. The number of aromatic nitrogens is 2. The summed E-state index contributed by atoms with van der Waals surface area (Å²) < 4.78 is 88.6. The van der Waals surface area contributed by atoms with Gasteiger partial charge in [-0.3, -0.25) is 9.71 Å². The summed E-state index contributed by atoms with van der Waals surface area (Å²) in [6.07, 6.45) is 5.09. The molecule has 0 fully saturated rings. The molecule has 0 radical (unpaired) electrons. The number of thiazole rings is 1. The number of nitrogens with one attached hydrogen (secondary N) is 2. The van der Waals surface area contributed by atoms with E-state index in [1.54, 1.807) is 12.1 Å². The molecule has 0 bridgehead atoms. The van der Waals surface area contributed by atoms with Crippen LogP contribution in [0.25, 0.3) is 21.7 Å². The number of nitrogens with zero attached hydrogens (tertiary/aromatic N) is 2. The highest BCUT2D eigenvalue weighted by Crippen LogP contribution is 2.42. The number of allylic oxidation sites excluding steroid dienone is 4. The number of pyridine rings is 1. The minimum absolute atomic E-state index is 0.0466. The molecule has 7 nitrogen and oxygen atoms in total. The van der Waals surface area contributed by atoms with E-state index in [1.807, 2.05) is 4.72 Å². The second kappa shape index (κ2) is 12.6. The number of sulfonamides is 1. The van der Waals surface area contributed by atoms with Crippen molar-refractivity contribution in [2.24, 2.45) is 0 Å².